The zero-order valence-electron chi connectivity index (χ0n) is 8.29. The highest BCUT2D eigenvalue weighted by Gasteiger charge is 2.28. The lowest BCUT2D eigenvalue weighted by Gasteiger charge is -2.26. The molecule has 1 fully saturated rings. The monoisotopic (exact) mass is 212 g/mol. The Bertz CT molecular complexity index is 264. The van der Waals surface area contributed by atoms with E-state index in [0.717, 1.165) is 24.2 Å². The predicted octanol–water partition coefficient (Wildman–Crippen LogP) is 2.69. The van der Waals surface area contributed by atoms with E-state index in [0.29, 0.717) is 24.5 Å². The molecule has 78 valence electrons. The number of thioether (sulfide) groups is 1. The Labute approximate surface area is 88.8 Å². The smallest absolute Gasteiger partial charge is 0.162 e. The van der Waals surface area contributed by atoms with E-state index in [1.807, 2.05) is 11.8 Å². The molecular weight excluding hydrogens is 196 g/mol. The molecule has 0 spiro atoms. The van der Waals surface area contributed by atoms with Crippen LogP contribution in [0.25, 0.3) is 0 Å². The summed E-state index contributed by atoms with van der Waals surface area (Å²) < 4.78 is 0. The fraction of sp³-hybridized carbons (Fsp3) is 0.727. The number of aliphatic hydroxyl groups is 1. The van der Waals surface area contributed by atoms with E-state index in [1.54, 1.807) is 0 Å². The van der Waals surface area contributed by atoms with Gasteiger partial charge in [-0.15, -0.1) is 0 Å². The third-order valence-corrected chi connectivity index (χ3v) is 4.21. The van der Waals surface area contributed by atoms with Gasteiger partial charge in [-0.2, -0.15) is 11.8 Å². The van der Waals surface area contributed by atoms with Crippen LogP contribution in [0.1, 0.15) is 32.1 Å². The molecule has 2 rings (SSSR count). The Morgan fingerprint density at radius 3 is 2.79 bits per heavy atom. The van der Waals surface area contributed by atoms with Gasteiger partial charge in [-0.3, -0.25) is 4.79 Å². The average Bonchev–Trinajstić information content (AvgIpc) is 2.19. The molecule has 0 amide bonds. The molecule has 0 saturated carbocycles. The second kappa shape index (κ2) is 4.39. The molecule has 2 aliphatic rings. The zero-order chi connectivity index (χ0) is 9.97. The molecule has 0 aromatic carbocycles. The van der Waals surface area contributed by atoms with Crippen molar-refractivity contribution < 1.29 is 9.90 Å². The van der Waals surface area contributed by atoms with Crippen LogP contribution in [0.5, 0.6) is 0 Å². The number of hydrogen-bond acceptors (Lipinski definition) is 3. The molecule has 1 heterocycles. The summed E-state index contributed by atoms with van der Waals surface area (Å²) in [5.41, 5.74) is 0.767. The highest BCUT2D eigenvalue weighted by Crippen LogP contribution is 2.34. The first-order valence-electron chi connectivity index (χ1n) is 5.32. The maximum atomic E-state index is 11.7. The topological polar surface area (TPSA) is 37.3 Å². The molecule has 1 N–H and O–H groups in total. The van der Waals surface area contributed by atoms with Crippen molar-refractivity contribution in [1.82, 2.24) is 0 Å². The number of carbonyl (C=O) groups is 1. The van der Waals surface area contributed by atoms with E-state index in [9.17, 15) is 9.90 Å². The molecule has 14 heavy (non-hydrogen) atoms. The van der Waals surface area contributed by atoms with Crippen molar-refractivity contribution in [2.45, 2.75) is 32.1 Å². The number of aliphatic hydroxyl groups excluding tert-OH is 1. The van der Waals surface area contributed by atoms with Gasteiger partial charge in [0.1, 0.15) is 0 Å². The van der Waals surface area contributed by atoms with Gasteiger partial charge in [0.25, 0.3) is 0 Å². The second-order valence-electron chi connectivity index (χ2n) is 4.05. The Kier molecular flexibility index (Phi) is 3.16. The summed E-state index contributed by atoms with van der Waals surface area (Å²) in [4.78, 5) is 11.7. The van der Waals surface area contributed by atoms with Crippen LogP contribution in [0.3, 0.4) is 0 Å². The molecule has 1 saturated heterocycles. The van der Waals surface area contributed by atoms with E-state index < -0.39 is 0 Å². The highest BCUT2D eigenvalue weighted by molar-refractivity contribution is 7.99. The first-order valence-corrected chi connectivity index (χ1v) is 6.47. The van der Waals surface area contributed by atoms with Gasteiger partial charge in [0.05, 0.1) is 5.76 Å². The molecule has 0 radical (unpaired) electrons. The second-order valence-corrected chi connectivity index (χ2v) is 5.20. The summed E-state index contributed by atoms with van der Waals surface area (Å²) in [6.45, 7) is 0. The molecule has 3 heteroatoms. The number of hydrogen-bond donors (Lipinski definition) is 1. The van der Waals surface area contributed by atoms with Crippen molar-refractivity contribution in [2.75, 3.05) is 11.5 Å². The van der Waals surface area contributed by atoms with E-state index in [2.05, 4.69) is 0 Å². The van der Waals surface area contributed by atoms with Crippen LogP contribution in [-0.4, -0.2) is 22.4 Å². The lowest BCUT2D eigenvalue weighted by Crippen LogP contribution is -2.23. The SMILES string of the molecule is O=C1CCCC(O)=C1C1CCCSC1. The highest BCUT2D eigenvalue weighted by atomic mass is 32.2. The minimum absolute atomic E-state index is 0.196. The van der Waals surface area contributed by atoms with Crippen LogP contribution in [0.15, 0.2) is 11.3 Å². The standard InChI is InChI=1S/C11H16O2S/c12-9-4-1-5-10(13)11(9)8-3-2-6-14-7-8/h8,12H,1-7H2. The van der Waals surface area contributed by atoms with Crippen molar-refractivity contribution in [3.63, 3.8) is 0 Å². The summed E-state index contributed by atoms with van der Waals surface area (Å²) >= 11 is 1.90. The summed E-state index contributed by atoms with van der Waals surface area (Å²) in [7, 11) is 0. The molecule has 1 aliphatic carbocycles. The van der Waals surface area contributed by atoms with Gasteiger partial charge in [0.15, 0.2) is 5.78 Å². The van der Waals surface area contributed by atoms with Crippen molar-refractivity contribution in [3.05, 3.63) is 11.3 Å². The van der Waals surface area contributed by atoms with Gasteiger partial charge in [-0.25, -0.2) is 0 Å². The number of carbonyl (C=O) groups excluding carboxylic acids is 1. The Hall–Kier alpha value is -0.440. The van der Waals surface area contributed by atoms with E-state index in [4.69, 9.17) is 0 Å². The summed E-state index contributed by atoms with van der Waals surface area (Å²) in [6.07, 6.45) is 4.44. The van der Waals surface area contributed by atoms with E-state index in [1.165, 1.54) is 12.2 Å². The lowest BCUT2D eigenvalue weighted by atomic mass is 9.85. The Morgan fingerprint density at radius 2 is 2.14 bits per heavy atom. The third kappa shape index (κ3) is 1.97. The van der Waals surface area contributed by atoms with Crippen LogP contribution in [0.2, 0.25) is 0 Å². The zero-order valence-corrected chi connectivity index (χ0v) is 9.11. The molecule has 0 bridgehead atoms. The largest absolute Gasteiger partial charge is 0.512 e. The summed E-state index contributed by atoms with van der Waals surface area (Å²) in [6, 6.07) is 0. The Morgan fingerprint density at radius 1 is 1.29 bits per heavy atom. The summed E-state index contributed by atoms with van der Waals surface area (Å²) in [5.74, 6) is 3.14. The third-order valence-electron chi connectivity index (χ3n) is 3.00. The number of allylic oxidation sites excluding steroid dienone is 2. The van der Waals surface area contributed by atoms with Gasteiger partial charge >= 0.3 is 0 Å². The molecule has 1 aliphatic heterocycles. The van der Waals surface area contributed by atoms with Crippen LogP contribution in [-0.2, 0) is 4.79 Å². The molecule has 1 atom stereocenters. The minimum atomic E-state index is 0.196. The quantitative estimate of drug-likeness (QED) is 0.726. The normalized spacial score (nSPS) is 29.4. The molecule has 2 nitrogen and oxygen atoms in total. The van der Waals surface area contributed by atoms with Gasteiger partial charge in [0, 0.05) is 24.2 Å². The molecule has 0 aromatic heterocycles. The summed E-state index contributed by atoms with van der Waals surface area (Å²) in [5, 5.41) is 9.74. The first-order chi connectivity index (χ1) is 6.79. The maximum Gasteiger partial charge on any atom is 0.162 e. The number of ketones is 1. The Balaban J connectivity index is 2.16. The van der Waals surface area contributed by atoms with Crippen molar-refractivity contribution in [2.24, 2.45) is 5.92 Å². The molecular formula is C11H16O2S. The fourth-order valence-electron chi connectivity index (χ4n) is 2.28. The lowest BCUT2D eigenvalue weighted by molar-refractivity contribution is -0.116. The van der Waals surface area contributed by atoms with Gasteiger partial charge in [-0.05, 0) is 30.9 Å². The van der Waals surface area contributed by atoms with Crippen LogP contribution in [0.4, 0.5) is 0 Å². The van der Waals surface area contributed by atoms with Crippen LogP contribution >= 0.6 is 11.8 Å². The first kappa shape index (κ1) is 10.1. The van der Waals surface area contributed by atoms with Gasteiger partial charge in [-0.1, -0.05) is 0 Å². The van der Waals surface area contributed by atoms with E-state index in [-0.39, 0.29) is 5.78 Å². The average molecular weight is 212 g/mol. The van der Waals surface area contributed by atoms with Gasteiger partial charge in [0.2, 0.25) is 0 Å². The predicted molar refractivity (Wildman–Crippen MR) is 58.6 cm³/mol. The van der Waals surface area contributed by atoms with Crippen LogP contribution in [0, 0.1) is 5.92 Å². The van der Waals surface area contributed by atoms with Crippen molar-refractivity contribution >= 4 is 17.5 Å². The molecule has 1 unspecified atom stereocenters. The molecule has 0 aromatic rings. The van der Waals surface area contributed by atoms with Gasteiger partial charge < -0.3 is 5.11 Å². The van der Waals surface area contributed by atoms with Crippen molar-refractivity contribution in [1.29, 1.82) is 0 Å². The number of Topliss-reactive ketones (excluding diaryl/α,β-unsaturated/α-hetero) is 1. The van der Waals surface area contributed by atoms with E-state index >= 15 is 0 Å². The maximum absolute atomic E-state index is 11.7. The minimum Gasteiger partial charge on any atom is -0.512 e. The van der Waals surface area contributed by atoms with Crippen molar-refractivity contribution in [3.8, 4) is 0 Å². The van der Waals surface area contributed by atoms with Crippen LogP contribution < -0.4 is 0 Å². The number of rotatable bonds is 1. The fourth-order valence-corrected chi connectivity index (χ4v) is 3.43.